The van der Waals surface area contributed by atoms with Crippen LogP contribution in [0.5, 0.6) is 0 Å². The van der Waals surface area contributed by atoms with Crippen molar-refractivity contribution in [2.24, 2.45) is 0 Å². The molecule has 1 aliphatic rings. The maximum atomic E-state index is 14.8. The summed E-state index contributed by atoms with van der Waals surface area (Å²) in [7, 11) is 0. The standard InChI is InChI=1S/C27H23FN6O3/c1-15-11-23(37-16(15)2)25-31-30-24-14-33(9-10-34(24)25)27(36)20-12-17(7-8-21(20)28)13-22-18-5-3-4-6-19(18)26(35)32-29-22/h3-8,11-12H,9-10,13-14H2,1-2H3,(H,32,35). The number of amides is 1. The third kappa shape index (κ3) is 4.00. The number of fused-ring (bicyclic) bond motifs is 2. The molecular formula is C27H23FN6O3. The van der Waals surface area contributed by atoms with E-state index in [1.54, 1.807) is 29.2 Å². The van der Waals surface area contributed by atoms with Gasteiger partial charge < -0.3 is 13.9 Å². The fraction of sp³-hybridized carbons (Fsp3) is 0.222. The molecule has 9 nitrogen and oxygen atoms in total. The van der Waals surface area contributed by atoms with Crippen molar-refractivity contribution in [3.63, 3.8) is 0 Å². The topological polar surface area (TPSA) is 110 Å². The number of nitrogens with zero attached hydrogens (tertiary/aromatic N) is 5. The van der Waals surface area contributed by atoms with Crippen LogP contribution < -0.4 is 5.56 Å². The van der Waals surface area contributed by atoms with Crippen molar-refractivity contribution in [3.8, 4) is 11.6 Å². The lowest BCUT2D eigenvalue weighted by molar-refractivity contribution is 0.0703. The second kappa shape index (κ2) is 8.81. The lowest BCUT2D eigenvalue weighted by Gasteiger charge is -2.28. The maximum absolute atomic E-state index is 14.8. The van der Waals surface area contributed by atoms with Crippen LogP contribution in [0.3, 0.4) is 0 Å². The van der Waals surface area contributed by atoms with Gasteiger partial charge in [0.05, 0.1) is 23.2 Å². The molecule has 0 bridgehead atoms. The predicted octanol–water partition coefficient (Wildman–Crippen LogP) is 3.78. The highest BCUT2D eigenvalue weighted by molar-refractivity contribution is 5.94. The second-order valence-corrected chi connectivity index (χ2v) is 9.20. The minimum Gasteiger partial charge on any atom is -0.458 e. The highest BCUT2D eigenvalue weighted by Gasteiger charge is 2.28. The van der Waals surface area contributed by atoms with Crippen LogP contribution in [-0.2, 0) is 19.5 Å². The first-order valence-corrected chi connectivity index (χ1v) is 11.9. The molecule has 3 aromatic heterocycles. The number of aryl methyl sites for hydroxylation is 2. The van der Waals surface area contributed by atoms with Crippen molar-refractivity contribution in [2.75, 3.05) is 6.54 Å². The third-order valence-electron chi connectivity index (χ3n) is 6.83. The summed E-state index contributed by atoms with van der Waals surface area (Å²) in [4.78, 5) is 27.0. The fourth-order valence-electron chi connectivity index (χ4n) is 4.71. The quantitative estimate of drug-likeness (QED) is 0.404. The molecule has 1 aliphatic heterocycles. The van der Waals surface area contributed by atoms with Gasteiger partial charge in [-0.05, 0) is 49.2 Å². The first-order valence-electron chi connectivity index (χ1n) is 11.9. The van der Waals surface area contributed by atoms with Gasteiger partial charge in [0.15, 0.2) is 17.4 Å². The Balaban J connectivity index is 1.26. The van der Waals surface area contributed by atoms with E-state index in [0.717, 1.165) is 16.7 Å². The third-order valence-corrected chi connectivity index (χ3v) is 6.83. The van der Waals surface area contributed by atoms with E-state index < -0.39 is 11.7 Å². The van der Waals surface area contributed by atoms with E-state index in [4.69, 9.17) is 4.42 Å². The first kappa shape index (κ1) is 22.8. The molecule has 10 heteroatoms. The number of hydrogen-bond acceptors (Lipinski definition) is 6. The molecule has 0 saturated heterocycles. The molecule has 0 unspecified atom stereocenters. The Kier molecular flexibility index (Phi) is 5.44. The van der Waals surface area contributed by atoms with Crippen LogP contribution in [0.2, 0.25) is 0 Å². The van der Waals surface area contributed by atoms with Crippen LogP contribution in [0, 0.1) is 19.7 Å². The van der Waals surface area contributed by atoms with Crippen LogP contribution in [-0.4, -0.2) is 42.3 Å². The van der Waals surface area contributed by atoms with Gasteiger partial charge in [-0.15, -0.1) is 10.2 Å². The van der Waals surface area contributed by atoms with E-state index in [9.17, 15) is 14.0 Å². The summed E-state index contributed by atoms with van der Waals surface area (Å²) in [5.41, 5.74) is 2.09. The average Bonchev–Trinajstić information content (AvgIpc) is 3.48. The van der Waals surface area contributed by atoms with Gasteiger partial charge in [-0.25, -0.2) is 9.49 Å². The largest absolute Gasteiger partial charge is 0.458 e. The van der Waals surface area contributed by atoms with Crippen LogP contribution in [0.25, 0.3) is 22.4 Å². The number of nitrogens with one attached hydrogen (secondary N) is 1. The van der Waals surface area contributed by atoms with Crippen molar-refractivity contribution in [1.82, 2.24) is 29.9 Å². The van der Waals surface area contributed by atoms with Crippen LogP contribution in [0.1, 0.15) is 38.8 Å². The maximum Gasteiger partial charge on any atom is 0.272 e. The molecule has 37 heavy (non-hydrogen) atoms. The van der Waals surface area contributed by atoms with Gasteiger partial charge in [0, 0.05) is 24.9 Å². The number of carbonyl (C=O) groups excluding carboxylic acids is 1. The zero-order chi connectivity index (χ0) is 25.7. The molecule has 0 fully saturated rings. The molecule has 0 aliphatic carbocycles. The molecule has 0 radical (unpaired) electrons. The second-order valence-electron chi connectivity index (χ2n) is 9.20. The van der Waals surface area contributed by atoms with E-state index >= 15 is 0 Å². The Hall–Kier alpha value is -4.60. The Morgan fingerprint density at radius 1 is 1.08 bits per heavy atom. The van der Waals surface area contributed by atoms with Gasteiger partial charge in [-0.2, -0.15) is 5.10 Å². The van der Waals surface area contributed by atoms with E-state index in [1.807, 2.05) is 36.6 Å². The Labute approximate surface area is 210 Å². The van der Waals surface area contributed by atoms with Gasteiger partial charge in [-0.1, -0.05) is 24.3 Å². The van der Waals surface area contributed by atoms with E-state index in [2.05, 4.69) is 20.4 Å². The van der Waals surface area contributed by atoms with Gasteiger partial charge in [-0.3, -0.25) is 9.59 Å². The summed E-state index contributed by atoms with van der Waals surface area (Å²) in [5.74, 6) is 1.67. The summed E-state index contributed by atoms with van der Waals surface area (Å²) >= 11 is 0. The van der Waals surface area contributed by atoms with E-state index in [1.165, 1.54) is 6.07 Å². The Morgan fingerprint density at radius 2 is 1.89 bits per heavy atom. The molecule has 4 heterocycles. The highest BCUT2D eigenvalue weighted by Crippen LogP contribution is 2.27. The van der Waals surface area contributed by atoms with E-state index in [0.29, 0.717) is 53.6 Å². The smallest absolute Gasteiger partial charge is 0.272 e. The molecule has 6 rings (SSSR count). The van der Waals surface area contributed by atoms with Gasteiger partial charge in [0.1, 0.15) is 11.6 Å². The number of H-pyrrole nitrogens is 1. The number of aromatic nitrogens is 5. The zero-order valence-corrected chi connectivity index (χ0v) is 20.3. The fourth-order valence-corrected chi connectivity index (χ4v) is 4.71. The molecule has 0 saturated carbocycles. The van der Waals surface area contributed by atoms with E-state index in [-0.39, 0.29) is 17.7 Å². The molecule has 5 aromatic rings. The number of carbonyl (C=O) groups is 1. The van der Waals surface area contributed by atoms with Crippen LogP contribution in [0.4, 0.5) is 4.39 Å². The number of rotatable bonds is 4. The minimum atomic E-state index is -0.595. The van der Waals surface area contributed by atoms with Crippen molar-refractivity contribution in [2.45, 2.75) is 33.4 Å². The Morgan fingerprint density at radius 3 is 2.68 bits per heavy atom. The van der Waals surface area contributed by atoms with Crippen molar-refractivity contribution >= 4 is 16.7 Å². The molecule has 2 aromatic carbocycles. The summed E-state index contributed by atoms with van der Waals surface area (Å²) < 4.78 is 22.6. The molecule has 0 spiro atoms. The summed E-state index contributed by atoms with van der Waals surface area (Å²) in [6.07, 6.45) is 0.331. The minimum absolute atomic E-state index is 0.0169. The number of hydrogen-bond donors (Lipinski definition) is 1. The molecule has 1 N–H and O–H groups in total. The van der Waals surface area contributed by atoms with Crippen molar-refractivity contribution < 1.29 is 13.6 Å². The lowest BCUT2D eigenvalue weighted by Crippen LogP contribution is -2.39. The number of benzene rings is 2. The number of aromatic amines is 1. The SMILES string of the molecule is Cc1cc(-c2nnc3n2CCN(C(=O)c2cc(Cc4n[nH]c(=O)c5ccccc45)ccc2F)C3)oc1C. The lowest BCUT2D eigenvalue weighted by atomic mass is 10.0. The molecule has 1 amide bonds. The van der Waals surface area contributed by atoms with Crippen molar-refractivity contribution in [1.29, 1.82) is 0 Å². The summed E-state index contributed by atoms with van der Waals surface area (Å²) in [6.45, 7) is 4.92. The summed E-state index contributed by atoms with van der Waals surface area (Å²) in [6, 6.07) is 13.6. The zero-order valence-electron chi connectivity index (χ0n) is 20.3. The van der Waals surface area contributed by atoms with Gasteiger partial charge >= 0.3 is 0 Å². The van der Waals surface area contributed by atoms with Crippen LogP contribution in [0.15, 0.2) is 57.7 Å². The average molecular weight is 499 g/mol. The monoisotopic (exact) mass is 498 g/mol. The van der Waals surface area contributed by atoms with Gasteiger partial charge in [0.25, 0.3) is 11.5 Å². The van der Waals surface area contributed by atoms with Gasteiger partial charge in [0.2, 0.25) is 0 Å². The summed E-state index contributed by atoms with van der Waals surface area (Å²) in [5, 5.41) is 16.5. The Bertz CT molecular complexity index is 1710. The molecular weight excluding hydrogens is 475 g/mol. The highest BCUT2D eigenvalue weighted by atomic mass is 19.1. The predicted molar refractivity (Wildman–Crippen MR) is 134 cm³/mol. The first-order chi connectivity index (χ1) is 17.9. The normalized spacial score (nSPS) is 13.2. The van der Waals surface area contributed by atoms with Crippen molar-refractivity contribution in [3.05, 3.63) is 98.7 Å². The molecule has 0 atom stereocenters. The number of halogens is 1. The number of furan rings is 1. The van der Waals surface area contributed by atoms with Crippen LogP contribution >= 0.6 is 0 Å². The molecule has 186 valence electrons.